The van der Waals surface area contributed by atoms with E-state index in [1.54, 1.807) is 36.4 Å². The van der Waals surface area contributed by atoms with E-state index < -0.39 is 0 Å². The molecule has 0 aliphatic rings. The summed E-state index contributed by atoms with van der Waals surface area (Å²) in [5.74, 6) is 0.0488. The summed E-state index contributed by atoms with van der Waals surface area (Å²) >= 11 is 0. The summed E-state index contributed by atoms with van der Waals surface area (Å²) in [7, 11) is 1.46. The Morgan fingerprint density at radius 1 is 1.21 bits per heavy atom. The smallest absolute Gasteiger partial charge is 0.255 e. The van der Waals surface area contributed by atoms with Crippen LogP contribution < -0.4 is 15.8 Å². The lowest BCUT2D eigenvalue weighted by atomic mass is 10.2. The minimum atomic E-state index is -0.274. The van der Waals surface area contributed by atoms with Crippen LogP contribution in [0.3, 0.4) is 0 Å². The lowest BCUT2D eigenvalue weighted by molar-refractivity contribution is 0.102. The topological polar surface area (TPSA) is 84.6 Å². The average molecular weight is 258 g/mol. The molecule has 0 aliphatic carbocycles. The first-order chi connectivity index (χ1) is 9.10. The van der Waals surface area contributed by atoms with E-state index in [-0.39, 0.29) is 11.7 Å². The fourth-order valence-corrected chi connectivity index (χ4v) is 1.61. The van der Waals surface area contributed by atoms with E-state index in [2.05, 4.69) is 5.32 Å². The van der Waals surface area contributed by atoms with Gasteiger partial charge in [0.1, 0.15) is 0 Å². The first-order valence-electron chi connectivity index (χ1n) is 5.64. The Hall–Kier alpha value is -2.69. The molecule has 1 amide bonds. The zero-order chi connectivity index (χ0) is 13.8. The number of rotatable bonds is 3. The molecule has 4 N–H and O–H groups in total. The van der Waals surface area contributed by atoms with Crippen LogP contribution in [0.5, 0.6) is 11.5 Å². The van der Waals surface area contributed by atoms with Gasteiger partial charge in [-0.05, 0) is 36.4 Å². The molecule has 2 aromatic rings. The molecule has 0 saturated heterocycles. The minimum absolute atomic E-state index is 0.0300. The Bertz CT molecular complexity index is 594. The van der Waals surface area contributed by atoms with Crippen molar-refractivity contribution in [2.75, 3.05) is 18.2 Å². The molecule has 0 fully saturated rings. The van der Waals surface area contributed by atoms with Crippen molar-refractivity contribution < 1.29 is 14.6 Å². The van der Waals surface area contributed by atoms with Crippen molar-refractivity contribution in [1.29, 1.82) is 0 Å². The number of nitrogen functional groups attached to an aromatic ring is 1. The van der Waals surface area contributed by atoms with E-state index in [4.69, 9.17) is 10.5 Å². The summed E-state index contributed by atoms with van der Waals surface area (Å²) in [6.45, 7) is 0. The highest BCUT2D eigenvalue weighted by atomic mass is 16.5. The van der Waals surface area contributed by atoms with Crippen molar-refractivity contribution in [3.8, 4) is 11.5 Å². The Balaban J connectivity index is 2.14. The number of hydrogen-bond acceptors (Lipinski definition) is 4. The van der Waals surface area contributed by atoms with Crippen LogP contribution in [0.2, 0.25) is 0 Å². The number of ether oxygens (including phenoxy) is 1. The number of carbonyl (C=O) groups excluding carboxylic acids is 1. The molecule has 0 bridgehead atoms. The number of methoxy groups -OCH3 is 1. The van der Waals surface area contributed by atoms with E-state index in [0.717, 1.165) is 0 Å². The Labute approximate surface area is 110 Å². The molecule has 0 saturated carbocycles. The van der Waals surface area contributed by atoms with Crippen LogP contribution in [0.15, 0.2) is 42.5 Å². The van der Waals surface area contributed by atoms with Gasteiger partial charge in [0.2, 0.25) is 0 Å². The lowest BCUT2D eigenvalue weighted by Crippen LogP contribution is -2.11. The molecule has 0 radical (unpaired) electrons. The number of nitrogens with two attached hydrogens (primary N) is 1. The fourth-order valence-electron chi connectivity index (χ4n) is 1.61. The molecule has 5 heteroatoms. The van der Waals surface area contributed by atoms with E-state index >= 15 is 0 Å². The first kappa shape index (κ1) is 12.8. The number of phenols is 1. The molecule has 2 rings (SSSR count). The maximum atomic E-state index is 11.9. The minimum Gasteiger partial charge on any atom is -0.504 e. The molecule has 0 unspecified atom stereocenters. The van der Waals surface area contributed by atoms with Crippen LogP contribution in [-0.4, -0.2) is 18.1 Å². The molecule has 0 heterocycles. The second-order valence-electron chi connectivity index (χ2n) is 3.96. The number of anilines is 2. The SMILES string of the molecule is COc1ccc(NC(=O)c2ccc(N)cc2)cc1O. The predicted molar refractivity (Wildman–Crippen MR) is 73.5 cm³/mol. The molecule has 19 heavy (non-hydrogen) atoms. The zero-order valence-electron chi connectivity index (χ0n) is 10.4. The van der Waals surface area contributed by atoms with Crippen molar-refractivity contribution in [2.24, 2.45) is 0 Å². The van der Waals surface area contributed by atoms with E-state index in [9.17, 15) is 9.90 Å². The quantitative estimate of drug-likeness (QED) is 0.737. The summed E-state index contributed by atoms with van der Waals surface area (Å²) in [5.41, 5.74) is 7.13. The van der Waals surface area contributed by atoms with Gasteiger partial charge in [-0.1, -0.05) is 0 Å². The van der Waals surface area contributed by atoms with Crippen LogP contribution in [-0.2, 0) is 0 Å². The van der Waals surface area contributed by atoms with Gasteiger partial charge in [-0.25, -0.2) is 0 Å². The normalized spacial score (nSPS) is 9.95. The highest BCUT2D eigenvalue weighted by Gasteiger charge is 2.08. The van der Waals surface area contributed by atoms with Gasteiger partial charge in [0.25, 0.3) is 5.91 Å². The molecule has 0 atom stereocenters. The monoisotopic (exact) mass is 258 g/mol. The highest BCUT2D eigenvalue weighted by Crippen LogP contribution is 2.28. The number of amides is 1. The third-order valence-electron chi connectivity index (χ3n) is 2.61. The van der Waals surface area contributed by atoms with Crippen LogP contribution in [0.25, 0.3) is 0 Å². The zero-order valence-corrected chi connectivity index (χ0v) is 10.4. The number of aromatic hydroxyl groups is 1. The molecule has 0 aromatic heterocycles. The van der Waals surface area contributed by atoms with Gasteiger partial charge in [0, 0.05) is 23.0 Å². The molecular formula is C14H14N2O3. The molecular weight excluding hydrogens is 244 g/mol. The van der Waals surface area contributed by atoms with Crippen molar-refractivity contribution in [3.05, 3.63) is 48.0 Å². The van der Waals surface area contributed by atoms with Gasteiger partial charge in [-0.2, -0.15) is 0 Å². The summed E-state index contributed by atoms with van der Waals surface area (Å²) < 4.78 is 4.93. The van der Waals surface area contributed by atoms with Crippen molar-refractivity contribution in [1.82, 2.24) is 0 Å². The number of nitrogens with one attached hydrogen (secondary N) is 1. The van der Waals surface area contributed by atoms with Crippen LogP contribution >= 0.6 is 0 Å². The maximum absolute atomic E-state index is 11.9. The van der Waals surface area contributed by atoms with E-state index in [1.165, 1.54) is 13.2 Å². The maximum Gasteiger partial charge on any atom is 0.255 e. The highest BCUT2D eigenvalue weighted by molar-refractivity contribution is 6.04. The van der Waals surface area contributed by atoms with Gasteiger partial charge in [0.15, 0.2) is 11.5 Å². The van der Waals surface area contributed by atoms with Crippen LogP contribution in [0, 0.1) is 0 Å². The van der Waals surface area contributed by atoms with Crippen molar-refractivity contribution >= 4 is 17.3 Å². The summed E-state index contributed by atoms with van der Waals surface area (Å²) in [6.07, 6.45) is 0. The largest absolute Gasteiger partial charge is 0.504 e. The van der Waals surface area contributed by atoms with Gasteiger partial charge in [-0.3, -0.25) is 4.79 Å². The molecule has 98 valence electrons. The number of phenolic OH excluding ortho intramolecular Hbond substituents is 1. The van der Waals surface area contributed by atoms with Crippen LogP contribution in [0.1, 0.15) is 10.4 Å². The van der Waals surface area contributed by atoms with Gasteiger partial charge in [0.05, 0.1) is 7.11 Å². The van der Waals surface area contributed by atoms with Gasteiger partial charge in [-0.15, -0.1) is 0 Å². The molecule has 0 spiro atoms. The second-order valence-corrected chi connectivity index (χ2v) is 3.96. The number of benzene rings is 2. The van der Waals surface area contributed by atoms with Crippen molar-refractivity contribution in [2.45, 2.75) is 0 Å². The molecule has 5 nitrogen and oxygen atoms in total. The molecule has 0 aliphatic heterocycles. The number of hydrogen-bond donors (Lipinski definition) is 3. The Kier molecular flexibility index (Phi) is 3.56. The van der Waals surface area contributed by atoms with E-state index in [1.807, 2.05) is 0 Å². The standard InChI is InChI=1S/C14H14N2O3/c1-19-13-7-6-11(8-12(13)17)16-14(18)9-2-4-10(15)5-3-9/h2-8,17H,15H2,1H3,(H,16,18). The third-order valence-corrected chi connectivity index (χ3v) is 2.61. The van der Waals surface area contributed by atoms with E-state index in [0.29, 0.717) is 22.7 Å². The van der Waals surface area contributed by atoms with Crippen LogP contribution in [0.4, 0.5) is 11.4 Å². The Morgan fingerprint density at radius 3 is 2.47 bits per heavy atom. The summed E-state index contributed by atoms with van der Waals surface area (Å²) in [5, 5.41) is 12.3. The fraction of sp³-hybridized carbons (Fsp3) is 0.0714. The summed E-state index contributed by atoms with van der Waals surface area (Å²) in [6, 6.07) is 11.2. The third kappa shape index (κ3) is 2.95. The predicted octanol–water partition coefficient (Wildman–Crippen LogP) is 2.24. The summed E-state index contributed by atoms with van der Waals surface area (Å²) in [4.78, 5) is 11.9. The van der Waals surface area contributed by atoms with Gasteiger partial charge >= 0.3 is 0 Å². The Morgan fingerprint density at radius 2 is 1.89 bits per heavy atom. The number of carbonyl (C=O) groups is 1. The molecule has 2 aromatic carbocycles. The van der Waals surface area contributed by atoms with Gasteiger partial charge < -0.3 is 20.9 Å². The second kappa shape index (κ2) is 5.30. The average Bonchev–Trinajstić information content (AvgIpc) is 2.39. The van der Waals surface area contributed by atoms with Crippen molar-refractivity contribution in [3.63, 3.8) is 0 Å². The lowest BCUT2D eigenvalue weighted by Gasteiger charge is -2.08. The first-order valence-corrected chi connectivity index (χ1v) is 5.64.